The van der Waals surface area contributed by atoms with Gasteiger partial charge in [-0.1, -0.05) is 13.3 Å². The Labute approximate surface area is 115 Å². The first-order valence-corrected chi connectivity index (χ1v) is 6.23. The quantitative estimate of drug-likeness (QED) is 0.603. The number of carboxylic acid groups (broad SMARTS) is 1. The maximum atomic E-state index is 11.7. The highest BCUT2D eigenvalue weighted by atomic mass is 16.4. The second-order valence-corrected chi connectivity index (χ2v) is 4.20. The largest absolute Gasteiger partial charge is 0.479 e. The van der Waals surface area contributed by atoms with Gasteiger partial charge in [0.2, 0.25) is 0 Å². The second-order valence-electron chi connectivity index (χ2n) is 4.20. The van der Waals surface area contributed by atoms with Crippen molar-refractivity contribution < 1.29 is 19.8 Å². The van der Waals surface area contributed by atoms with Crippen LogP contribution in [0.2, 0.25) is 0 Å². The Morgan fingerprint density at radius 2 is 2.15 bits per heavy atom. The highest BCUT2D eigenvalue weighted by Crippen LogP contribution is 1.94. The molecule has 1 heterocycles. The molecule has 1 unspecified atom stereocenters. The highest BCUT2D eigenvalue weighted by molar-refractivity contribution is 5.92. The summed E-state index contributed by atoms with van der Waals surface area (Å²) in [5.41, 5.74) is -0.307. The fourth-order valence-electron chi connectivity index (χ4n) is 1.41. The predicted octanol–water partition coefficient (Wildman–Crippen LogP) is -0.781. The molecule has 3 N–H and O–H groups in total. The number of carboxylic acids is 1. The van der Waals surface area contributed by atoms with Crippen LogP contribution in [0.25, 0.3) is 0 Å². The average Bonchev–Trinajstić information content (AvgIpc) is 2.43. The van der Waals surface area contributed by atoms with Gasteiger partial charge in [-0.15, -0.1) is 0 Å². The van der Waals surface area contributed by atoms with E-state index in [0.29, 0.717) is 6.54 Å². The minimum Gasteiger partial charge on any atom is -0.479 e. The van der Waals surface area contributed by atoms with Crippen LogP contribution in [0.15, 0.2) is 16.9 Å². The number of aliphatic hydroxyl groups excluding tert-OH is 1. The van der Waals surface area contributed by atoms with Crippen LogP contribution in [-0.4, -0.2) is 44.5 Å². The summed E-state index contributed by atoms with van der Waals surface area (Å²) in [4.78, 5) is 33.6. The van der Waals surface area contributed by atoms with Crippen molar-refractivity contribution in [3.63, 3.8) is 0 Å². The van der Waals surface area contributed by atoms with E-state index < -0.39 is 24.5 Å². The number of hydrogen-bond donors (Lipinski definition) is 3. The van der Waals surface area contributed by atoms with E-state index in [1.54, 1.807) is 0 Å². The van der Waals surface area contributed by atoms with Crippen molar-refractivity contribution in [2.24, 2.45) is 0 Å². The third kappa shape index (κ3) is 4.47. The van der Waals surface area contributed by atoms with Crippen molar-refractivity contribution in [1.82, 2.24) is 15.1 Å². The number of unbranched alkanes of at least 4 members (excludes halogenated alkanes) is 1. The van der Waals surface area contributed by atoms with Gasteiger partial charge in [-0.3, -0.25) is 9.59 Å². The van der Waals surface area contributed by atoms with Crippen LogP contribution in [-0.2, 0) is 11.3 Å². The van der Waals surface area contributed by atoms with Crippen molar-refractivity contribution in [2.75, 3.05) is 6.54 Å². The van der Waals surface area contributed by atoms with E-state index in [-0.39, 0.29) is 11.3 Å². The lowest BCUT2D eigenvalue weighted by Crippen LogP contribution is -2.37. The lowest BCUT2D eigenvalue weighted by molar-refractivity contribution is -0.146. The maximum absolute atomic E-state index is 11.7. The van der Waals surface area contributed by atoms with Crippen LogP contribution >= 0.6 is 0 Å². The summed E-state index contributed by atoms with van der Waals surface area (Å²) >= 11 is 0. The predicted molar refractivity (Wildman–Crippen MR) is 69.4 cm³/mol. The van der Waals surface area contributed by atoms with Crippen molar-refractivity contribution in [3.05, 3.63) is 28.2 Å². The molecule has 1 amide bonds. The summed E-state index contributed by atoms with van der Waals surface area (Å²) in [5, 5.41) is 23.7. The number of aliphatic carboxylic acids is 1. The first kappa shape index (κ1) is 15.8. The molecule has 8 heteroatoms. The van der Waals surface area contributed by atoms with Gasteiger partial charge in [0.25, 0.3) is 11.5 Å². The monoisotopic (exact) mass is 283 g/mol. The van der Waals surface area contributed by atoms with Crippen LogP contribution in [0.3, 0.4) is 0 Å². The Balaban J connectivity index is 2.73. The van der Waals surface area contributed by atoms with E-state index >= 15 is 0 Å². The Bertz CT molecular complexity index is 540. The van der Waals surface area contributed by atoms with Gasteiger partial charge in [-0.2, -0.15) is 5.10 Å². The van der Waals surface area contributed by atoms with Gasteiger partial charge in [-0.05, 0) is 12.5 Å². The third-order valence-electron chi connectivity index (χ3n) is 2.56. The minimum atomic E-state index is -1.68. The number of aryl methyl sites for hydroxylation is 1. The summed E-state index contributed by atoms with van der Waals surface area (Å²) in [6, 6.07) is 2.48. The number of aromatic nitrogens is 2. The summed E-state index contributed by atoms with van der Waals surface area (Å²) in [6.07, 6.45) is -0.0321. The van der Waals surface area contributed by atoms with E-state index in [9.17, 15) is 14.4 Å². The van der Waals surface area contributed by atoms with Gasteiger partial charge >= 0.3 is 5.97 Å². The zero-order valence-electron chi connectivity index (χ0n) is 11.1. The standard InChI is InChI=1S/C12H17N3O5/c1-2-3-6-15-10(17)5-4-8(14-15)11(18)13-7-9(16)12(19)20/h4-5,9,16H,2-3,6-7H2,1H3,(H,13,18)(H,19,20). The van der Waals surface area contributed by atoms with Crippen LogP contribution < -0.4 is 10.9 Å². The molecule has 0 bridgehead atoms. The Kier molecular flexibility index (Phi) is 5.85. The van der Waals surface area contributed by atoms with Crippen molar-refractivity contribution >= 4 is 11.9 Å². The molecule has 0 spiro atoms. The first-order chi connectivity index (χ1) is 9.45. The normalized spacial score (nSPS) is 11.9. The summed E-state index contributed by atoms with van der Waals surface area (Å²) in [7, 11) is 0. The van der Waals surface area contributed by atoms with E-state index in [2.05, 4.69) is 10.4 Å². The molecule has 0 fully saturated rings. The molecule has 0 saturated heterocycles. The fourth-order valence-corrected chi connectivity index (χ4v) is 1.41. The van der Waals surface area contributed by atoms with Crippen LogP contribution in [0.5, 0.6) is 0 Å². The number of amides is 1. The molecule has 1 atom stereocenters. The van der Waals surface area contributed by atoms with E-state index in [1.807, 2.05) is 6.92 Å². The van der Waals surface area contributed by atoms with Crippen LogP contribution in [0.4, 0.5) is 0 Å². The topological polar surface area (TPSA) is 122 Å². The second kappa shape index (κ2) is 7.39. The Morgan fingerprint density at radius 3 is 2.75 bits per heavy atom. The lowest BCUT2D eigenvalue weighted by Gasteiger charge is -2.09. The van der Waals surface area contributed by atoms with Crippen molar-refractivity contribution in [2.45, 2.75) is 32.4 Å². The molecule has 0 aromatic carbocycles. The van der Waals surface area contributed by atoms with Gasteiger partial charge in [-0.25, -0.2) is 9.48 Å². The van der Waals surface area contributed by atoms with Crippen molar-refractivity contribution in [3.8, 4) is 0 Å². The van der Waals surface area contributed by atoms with Gasteiger partial charge in [0.15, 0.2) is 6.10 Å². The first-order valence-electron chi connectivity index (χ1n) is 6.23. The van der Waals surface area contributed by atoms with Gasteiger partial charge < -0.3 is 15.5 Å². The molecular formula is C12H17N3O5. The van der Waals surface area contributed by atoms with Crippen LogP contribution in [0.1, 0.15) is 30.3 Å². The number of aliphatic hydroxyl groups is 1. The SMILES string of the molecule is CCCCn1nc(C(=O)NCC(O)C(=O)O)ccc1=O. The zero-order valence-corrected chi connectivity index (χ0v) is 11.1. The molecule has 0 aliphatic rings. The number of nitrogens with zero attached hydrogens (tertiary/aromatic N) is 2. The summed E-state index contributed by atoms with van der Waals surface area (Å²) in [6.45, 7) is 1.95. The van der Waals surface area contributed by atoms with Crippen molar-refractivity contribution in [1.29, 1.82) is 0 Å². The minimum absolute atomic E-state index is 0.00158. The fraction of sp³-hybridized carbons (Fsp3) is 0.500. The molecular weight excluding hydrogens is 266 g/mol. The molecule has 8 nitrogen and oxygen atoms in total. The molecule has 20 heavy (non-hydrogen) atoms. The molecule has 1 rings (SSSR count). The average molecular weight is 283 g/mol. The highest BCUT2D eigenvalue weighted by Gasteiger charge is 2.16. The Hall–Kier alpha value is -2.22. The molecule has 0 aliphatic carbocycles. The zero-order chi connectivity index (χ0) is 15.1. The van der Waals surface area contributed by atoms with Gasteiger partial charge in [0, 0.05) is 12.6 Å². The summed E-state index contributed by atoms with van der Waals surface area (Å²) < 4.78 is 1.19. The molecule has 0 saturated carbocycles. The molecule has 1 aromatic heterocycles. The Morgan fingerprint density at radius 1 is 1.45 bits per heavy atom. The van der Waals surface area contributed by atoms with E-state index in [1.165, 1.54) is 16.8 Å². The van der Waals surface area contributed by atoms with E-state index in [4.69, 9.17) is 10.2 Å². The molecule has 1 aromatic rings. The van der Waals surface area contributed by atoms with Gasteiger partial charge in [0.1, 0.15) is 5.69 Å². The molecule has 110 valence electrons. The number of carbonyl (C=O) groups is 2. The molecule has 0 radical (unpaired) electrons. The lowest BCUT2D eigenvalue weighted by atomic mass is 10.3. The smallest absolute Gasteiger partial charge is 0.334 e. The number of nitrogens with one attached hydrogen (secondary N) is 1. The van der Waals surface area contributed by atoms with E-state index in [0.717, 1.165) is 12.8 Å². The maximum Gasteiger partial charge on any atom is 0.334 e. The number of carbonyl (C=O) groups excluding carboxylic acids is 1. The van der Waals surface area contributed by atoms with Gasteiger partial charge in [0.05, 0.1) is 6.54 Å². The number of hydrogen-bond acceptors (Lipinski definition) is 5. The van der Waals surface area contributed by atoms with Crippen LogP contribution in [0, 0.1) is 0 Å². The summed E-state index contributed by atoms with van der Waals surface area (Å²) in [5.74, 6) is -2.07. The molecule has 0 aliphatic heterocycles. The third-order valence-corrected chi connectivity index (χ3v) is 2.56. The number of rotatable bonds is 7.